The Morgan fingerprint density at radius 1 is 1.71 bits per heavy atom. The highest BCUT2D eigenvalue weighted by Crippen LogP contribution is 2.17. The third-order valence-corrected chi connectivity index (χ3v) is 3.31. The summed E-state index contributed by atoms with van der Waals surface area (Å²) >= 11 is 1.86. The number of oxime groups is 1. The highest BCUT2D eigenvalue weighted by Gasteiger charge is 2.27. The van der Waals surface area contributed by atoms with Crippen LogP contribution in [0.1, 0.15) is 19.3 Å². The van der Waals surface area contributed by atoms with Crippen LogP contribution in [0.5, 0.6) is 0 Å². The van der Waals surface area contributed by atoms with Crippen molar-refractivity contribution in [2.45, 2.75) is 25.3 Å². The zero-order valence-electron chi connectivity index (χ0n) is 8.65. The average Bonchev–Trinajstić information content (AvgIpc) is 2.65. The SMILES string of the molecule is CSCCCN1CCCC1C(N)=NO. The number of hydrogen-bond acceptors (Lipinski definition) is 4. The second-order valence-electron chi connectivity index (χ2n) is 3.57. The highest BCUT2D eigenvalue weighted by atomic mass is 32.2. The molecule has 14 heavy (non-hydrogen) atoms. The van der Waals surface area contributed by atoms with Gasteiger partial charge in [-0.1, -0.05) is 5.16 Å². The minimum absolute atomic E-state index is 0.168. The summed E-state index contributed by atoms with van der Waals surface area (Å²) in [6.45, 7) is 2.14. The number of amidine groups is 1. The summed E-state index contributed by atoms with van der Waals surface area (Å²) in [5.74, 6) is 1.55. The van der Waals surface area contributed by atoms with E-state index in [2.05, 4.69) is 16.3 Å². The number of nitrogens with two attached hydrogens (primary N) is 1. The third kappa shape index (κ3) is 3.06. The Balaban J connectivity index is 2.35. The topological polar surface area (TPSA) is 61.8 Å². The van der Waals surface area contributed by atoms with Crippen molar-refractivity contribution in [2.24, 2.45) is 10.9 Å². The van der Waals surface area contributed by atoms with Crippen LogP contribution in [0, 0.1) is 0 Å². The molecule has 1 saturated heterocycles. The number of thioether (sulfide) groups is 1. The number of likely N-dealkylation sites (tertiary alicyclic amines) is 1. The van der Waals surface area contributed by atoms with Crippen LogP contribution in [0.4, 0.5) is 0 Å². The second-order valence-corrected chi connectivity index (χ2v) is 4.55. The normalized spacial score (nSPS) is 24.4. The number of rotatable bonds is 5. The van der Waals surface area contributed by atoms with E-state index in [-0.39, 0.29) is 6.04 Å². The fourth-order valence-electron chi connectivity index (χ4n) is 1.91. The smallest absolute Gasteiger partial charge is 0.156 e. The van der Waals surface area contributed by atoms with Crippen LogP contribution >= 0.6 is 11.8 Å². The van der Waals surface area contributed by atoms with E-state index < -0.39 is 0 Å². The van der Waals surface area contributed by atoms with E-state index in [9.17, 15) is 0 Å². The maximum absolute atomic E-state index is 8.62. The van der Waals surface area contributed by atoms with E-state index in [0.717, 1.165) is 25.9 Å². The van der Waals surface area contributed by atoms with E-state index in [1.54, 1.807) is 0 Å². The van der Waals surface area contributed by atoms with Crippen LogP contribution in [-0.2, 0) is 0 Å². The molecule has 1 atom stereocenters. The molecule has 1 aliphatic heterocycles. The molecule has 1 rings (SSSR count). The van der Waals surface area contributed by atoms with Crippen molar-refractivity contribution >= 4 is 17.6 Å². The zero-order valence-corrected chi connectivity index (χ0v) is 9.46. The van der Waals surface area contributed by atoms with Crippen LogP contribution in [-0.4, -0.2) is 47.1 Å². The van der Waals surface area contributed by atoms with Gasteiger partial charge in [0.15, 0.2) is 5.84 Å². The molecule has 0 amide bonds. The first-order valence-corrected chi connectivity index (χ1v) is 6.39. The Morgan fingerprint density at radius 3 is 3.14 bits per heavy atom. The molecule has 0 aromatic heterocycles. The molecule has 0 spiro atoms. The molecule has 0 saturated carbocycles. The molecule has 5 heteroatoms. The monoisotopic (exact) mass is 217 g/mol. The van der Waals surface area contributed by atoms with Gasteiger partial charge in [-0.05, 0) is 44.4 Å². The van der Waals surface area contributed by atoms with Gasteiger partial charge in [0.2, 0.25) is 0 Å². The van der Waals surface area contributed by atoms with Crippen LogP contribution < -0.4 is 5.73 Å². The van der Waals surface area contributed by atoms with Crippen LogP contribution in [0.25, 0.3) is 0 Å². The molecule has 1 aliphatic rings. The fourth-order valence-corrected chi connectivity index (χ4v) is 2.33. The molecule has 0 aliphatic carbocycles. The first-order valence-electron chi connectivity index (χ1n) is 5.00. The second kappa shape index (κ2) is 6.14. The van der Waals surface area contributed by atoms with Gasteiger partial charge in [0, 0.05) is 0 Å². The van der Waals surface area contributed by atoms with Gasteiger partial charge < -0.3 is 10.9 Å². The Morgan fingerprint density at radius 2 is 2.50 bits per heavy atom. The average molecular weight is 217 g/mol. The highest BCUT2D eigenvalue weighted by molar-refractivity contribution is 7.98. The quantitative estimate of drug-likeness (QED) is 0.237. The minimum Gasteiger partial charge on any atom is -0.409 e. The van der Waals surface area contributed by atoms with Crippen molar-refractivity contribution in [1.82, 2.24) is 4.90 Å². The van der Waals surface area contributed by atoms with Gasteiger partial charge in [-0.25, -0.2) is 0 Å². The predicted octanol–water partition coefficient (Wildman–Crippen LogP) is 0.950. The van der Waals surface area contributed by atoms with Gasteiger partial charge in [-0.2, -0.15) is 11.8 Å². The predicted molar refractivity (Wildman–Crippen MR) is 61.0 cm³/mol. The number of nitrogens with zero attached hydrogens (tertiary/aromatic N) is 2. The molecule has 1 unspecified atom stereocenters. The molecule has 0 radical (unpaired) electrons. The summed E-state index contributed by atoms with van der Waals surface area (Å²) in [7, 11) is 0. The van der Waals surface area contributed by atoms with Crippen LogP contribution in [0.15, 0.2) is 5.16 Å². The molecule has 0 bridgehead atoms. The van der Waals surface area contributed by atoms with E-state index in [1.807, 2.05) is 11.8 Å². The Hall–Kier alpha value is -0.420. The summed E-state index contributed by atoms with van der Waals surface area (Å²) in [5.41, 5.74) is 5.63. The lowest BCUT2D eigenvalue weighted by molar-refractivity contribution is 0.281. The summed E-state index contributed by atoms with van der Waals surface area (Å²) in [5, 5.41) is 11.7. The molecule has 3 N–H and O–H groups in total. The molecule has 0 aromatic carbocycles. The molecule has 82 valence electrons. The molecule has 1 fully saturated rings. The van der Waals surface area contributed by atoms with Gasteiger partial charge in [0.25, 0.3) is 0 Å². The van der Waals surface area contributed by atoms with Gasteiger partial charge in [-0.3, -0.25) is 4.90 Å². The van der Waals surface area contributed by atoms with E-state index in [4.69, 9.17) is 10.9 Å². The van der Waals surface area contributed by atoms with Crippen molar-refractivity contribution < 1.29 is 5.21 Å². The van der Waals surface area contributed by atoms with Gasteiger partial charge in [0.05, 0.1) is 6.04 Å². The van der Waals surface area contributed by atoms with Crippen LogP contribution in [0.3, 0.4) is 0 Å². The lowest BCUT2D eigenvalue weighted by Gasteiger charge is -2.22. The first kappa shape index (κ1) is 11.7. The summed E-state index contributed by atoms with van der Waals surface area (Å²) < 4.78 is 0. The Kier molecular flexibility index (Phi) is 5.11. The van der Waals surface area contributed by atoms with E-state index in [1.165, 1.54) is 12.2 Å². The molecule has 0 aromatic rings. The molecular weight excluding hydrogens is 198 g/mol. The van der Waals surface area contributed by atoms with Gasteiger partial charge in [-0.15, -0.1) is 0 Å². The van der Waals surface area contributed by atoms with Crippen molar-refractivity contribution in [3.8, 4) is 0 Å². The number of hydrogen-bond donors (Lipinski definition) is 2. The zero-order chi connectivity index (χ0) is 10.4. The third-order valence-electron chi connectivity index (χ3n) is 2.61. The molecule has 1 heterocycles. The van der Waals surface area contributed by atoms with Crippen LogP contribution in [0.2, 0.25) is 0 Å². The van der Waals surface area contributed by atoms with Crippen molar-refractivity contribution in [2.75, 3.05) is 25.1 Å². The van der Waals surface area contributed by atoms with Crippen molar-refractivity contribution in [3.05, 3.63) is 0 Å². The van der Waals surface area contributed by atoms with Gasteiger partial charge in [0.1, 0.15) is 0 Å². The van der Waals surface area contributed by atoms with E-state index >= 15 is 0 Å². The maximum Gasteiger partial charge on any atom is 0.156 e. The van der Waals surface area contributed by atoms with Crippen molar-refractivity contribution in [1.29, 1.82) is 0 Å². The lowest BCUT2D eigenvalue weighted by Crippen LogP contribution is -2.41. The van der Waals surface area contributed by atoms with Crippen molar-refractivity contribution in [3.63, 3.8) is 0 Å². The Bertz CT molecular complexity index is 198. The maximum atomic E-state index is 8.62. The minimum atomic E-state index is 0.168. The van der Waals surface area contributed by atoms with E-state index in [0.29, 0.717) is 5.84 Å². The van der Waals surface area contributed by atoms with Gasteiger partial charge >= 0.3 is 0 Å². The lowest BCUT2D eigenvalue weighted by atomic mass is 10.2. The molecular formula is C9H19N3OS. The summed E-state index contributed by atoms with van der Waals surface area (Å²) in [6.07, 6.45) is 5.47. The largest absolute Gasteiger partial charge is 0.409 e. The standard InChI is InChI=1S/C9H19N3OS/c1-14-7-3-6-12-5-2-4-8(12)9(10)11-13/h8,13H,2-7H2,1H3,(H2,10,11). The summed E-state index contributed by atoms with van der Waals surface area (Å²) in [6, 6.07) is 0.168. The summed E-state index contributed by atoms with van der Waals surface area (Å²) in [4.78, 5) is 2.31. The Labute approximate surface area is 89.5 Å². The molecule has 4 nitrogen and oxygen atoms in total. The fraction of sp³-hybridized carbons (Fsp3) is 0.889. The first-order chi connectivity index (χ1) is 6.79.